The predicted molar refractivity (Wildman–Crippen MR) is 111 cm³/mol. The van der Waals surface area contributed by atoms with E-state index in [1.807, 2.05) is 23.5 Å². The highest BCUT2D eigenvalue weighted by Crippen LogP contribution is 2.34. The number of thioether (sulfide) groups is 2. The van der Waals surface area contributed by atoms with E-state index in [1.165, 1.54) is 15.4 Å². The molecule has 25 heavy (non-hydrogen) atoms. The summed E-state index contributed by atoms with van der Waals surface area (Å²) in [6.07, 6.45) is 1.90. The molecular weight excluding hydrogens is 340 g/mol. The van der Waals surface area contributed by atoms with Crippen LogP contribution in [0.3, 0.4) is 0 Å². The molecule has 0 aliphatic rings. The van der Waals surface area contributed by atoms with Crippen molar-refractivity contribution in [1.29, 1.82) is 0 Å². The number of rotatable bonds is 6. The first-order chi connectivity index (χ1) is 12.4. The highest BCUT2D eigenvalue weighted by atomic mass is 32.2. The summed E-state index contributed by atoms with van der Waals surface area (Å²) < 4.78 is 0.195. The van der Waals surface area contributed by atoms with Crippen molar-refractivity contribution in [3.8, 4) is 11.8 Å². The molecule has 0 bridgehead atoms. The molecule has 0 unspecified atom stereocenters. The second kappa shape index (κ2) is 10.0. The molecule has 0 fully saturated rings. The van der Waals surface area contributed by atoms with Gasteiger partial charge in [0.15, 0.2) is 0 Å². The van der Waals surface area contributed by atoms with Crippen molar-refractivity contribution in [1.82, 2.24) is 0 Å². The van der Waals surface area contributed by atoms with Crippen LogP contribution in [0.5, 0.6) is 0 Å². The minimum absolute atomic E-state index is 0.195. The van der Waals surface area contributed by atoms with Crippen LogP contribution in [0.25, 0.3) is 0 Å². The van der Waals surface area contributed by atoms with Crippen molar-refractivity contribution in [3.05, 3.63) is 96.6 Å². The lowest BCUT2D eigenvalue weighted by Crippen LogP contribution is -1.93. The van der Waals surface area contributed by atoms with Crippen LogP contribution < -0.4 is 0 Å². The summed E-state index contributed by atoms with van der Waals surface area (Å²) in [6, 6.07) is 31.6. The van der Waals surface area contributed by atoms with Crippen LogP contribution in [0.1, 0.15) is 12.0 Å². The van der Waals surface area contributed by atoms with E-state index in [2.05, 4.69) is 103 Å². The van der Waals surface area contributed by atoms with Gasteiger partial charge in [0.25, 0.3) is 0 Å². The second-order valence-corrected chi connectivity index (χ2v) is 8.16. The van der Waals surface area contributed by atoms with Gasteiger partial charge in [0, 0.05) is 16.2 Å². The van der Waals surface area contributed by atoms with Crippen LogP contribution in [0.2, 0.25) is 0 Å². The summed E-state index contributed by atoms with van der Waals surface area (Å²) in [4.78, 5) is 2.52. The molecule has 0 nitrogen and oxygen atoms in total. The normalized spacial score (nSPS) is 10.3. The van der Waals surface area contributed by atoms with Crippen molar-refractivity contribution < 1.29 is 0 Å². The zero-order valence-electron chi connectivity index (χ0n) is 14.0. The molecule has 124 valence electrons. The molecule has 3 aromatic carbocycles. The van der Waals surface area contributed by atoms with Crippen LogP contribution in [0, 0.1) is 11.8 Å². The molecule has 0 radical (unpaired) electrons. The second-order valence-electron chi connectivity index (χ2n) is 5.50. The molecule has 0 aromatic heterocycles. The summed E-state index contributed by atoms with van der Waals surface area (Å²) in [5.74, 6) is 6.85. The maximum Gasteiger partial charge on any atom is 0.120 e. The molecule has 3 rings (SSSR count). The SMILES string of the molecule is C(#CC(Sc1ccccc1)Sc1ccccc1)CCc1ccccc1. The Labute approximate surface area is 159 Å². The van der Waals surface area contributed by atoms with Gasteiger partial charge in [0.05, 0.1) is 0 Å². The van der Waals surface area contributed by atoms with Gasteiger partial charge in [-0.2, -0.15) is 0 Å². The molecule has 0 heterocycles. The summed E-state index contributed by atoms with van der Waals surface area (Å²) in [6.45, 7) is 0. The predicted octanol–water partition coefficient (Wildman–Crippen LogP) is 6.53. The van der Waals surface area contributed by atoms with Gasteiger partial charge >= 0.3 is 0 Å². The van der Waals surface area contributed by atoms with Gasteiger partial charge in [0.1, 0.15) is 4.58 Å². The summed E-state index contributed by atoms with van der Waals surface area (Å²) in [5.41, 5.74) is 1.35. The van der Waals surface area contributed by atoms with Crippen molar-refractivity contribution in [3.63, 3.8) is 0 Å². The summed E-state index contributed by atoms with van der Waals surface area (Å²) >= 11 is 3.64. The summed E-state index contributed by atoms with van der Waals surface area (Å²) in [7, 11) is 0. The van der Waals surface area contributed by atoms with Crippen molar-refractivity contribution in [2.24, 2.45) is 0 Å². The van der Waals surface area contributed by atoms with Gasteiger partial charge in [-0.25, -0.2) is 0 Å². The Hall–Kier alpha value is -2.08. The van der Waals surface area contributed by atoms with Crippen molar-refractivity contribution >= 4 is 23.5 Å². The highest BCUT2D eigenvalue weighted by Gasteiger charge is 2.09. The van der Waals surface area contributed by atoms with Gasteiger partial charge in [-0.3, -0.25) is 0 Å². The fraction of sp³-hybridized carbons (Fsp3) is 0.130. The lowest BCUT2D eigenvalue weighted by Gasteiger charge is -2.10. The lowest BCUT2D eigenvalue weighted by molar-refractivity contribution is 1.03. The molecule has 0 amide bonds. The monoisotopic (exact) mass is 360 g/mol. The van der Waals surface area contributed by atoms with E-state index in [0.29, 0.717) is 0 Å². The average Bonchev–Trinajstić information content (AvgIpc) is 2.67. The Morgan fingerprint density at radius 2 is 1.12 bits per heavy atom. The van der Waals surface area contributed by atoms with Gasteiger partial charge in [-0.05, 0) is 36.2 Å². The third-order valence-electron chi connectivity index (χ3n) is 3.57. The van der Waals surface area contributed by atoms with Crippen molar-refractivity contribution in [2.75, 3.05) is 0 Å². The minimum Gasteiger partial charge on any atom is -0.101 e. The molecule has 0 aliphatic carbocycles. The van der Waals surface area contributed by atoms with Gasteiger partial charge in [-0.15, -0.1) is 5.92 Å². The quantitative estimate of drug-likeness (QED) is 0.278. The minimum atomic E-state index is 0.195. The van der Waals surface area contributed by atoms with Gasteiger partial charge in [-0.1, -0.05) is 96.2 Å². The molecule has 0 saturated heterocycles. The largest absolute Gasteiger partial charge is 0.120 e. The average molecular weight is 361 g/mol. The maximum absolute atomic E-state index is 3.46. The van der Waals surface area contributed by atoms with Crippen LogP contribution >= 0.6 is 23.5 Å². The van der Waals surface area contributed by atoms with E-state index < -0.39 is 0 Å². The first-order valence-electron chi connectivity index (χ1n) is 8.36. The highest BCUT2D eigenvalue weighted by molar-refractivity contribution is 8.17. The van der Waals surface area contributed by atoms with Crippen LogP contribution in [-0.4, -0.2) is 4.58 Å². The maximum atomic E-state index is 3.46. The van der Waals surface area contributed by atoms with Crippen LogP contribution in [-0.2, 0) is 6.42 Å². The van der Waals surface area contributed by atoms with Crippen molar-refractivity contribution in [2.45, 2.75) is 27.2 Å². The molecule has 0 aliphatic heterocycles. The topological polar surface area (TPSA) is 0 Å². The Kier molecular flexibility index (Phi) is 7.12. The zero-order valence-corrected chi connectivity index (χ0v) is 15.6. The third kappa shape index (κ3) is 6.38. The van der Waals surface area contributed by atoms with E-state index in [4.69, 9.17) is 0 Å². The third-order valence-corrected chi connectivity index (χ3v) is 5.90. The van der Waals surface area contributed by atoms with E-state index in [-0.39, 0.29) is 4.58 Å². The molecule has 3 aromatic rings. The number of benzene rings is 3. The molecule has 0 saturated carbocycles. The Morgan fingerprint density at radius 3 is 1.64 bits per heavy atom. The molecule has 0 spiro atoms. The standard InChI is InChI=1S/C23H20S2/c1-4-12-20(13-5-1)14-10-11-19-23(24-21-15-6-2-7-16-21)25-22-17-8-3-9-18-22/h1-9,12-13,15-18,23H,10,14H2. The molecule has 0 N–H and O–H groups in total. The van der Waals surface area contributed by atoms with Crippen LogP contribution in [0.4, 0.5) is 0 Å². The number of hydrogen-bond acceptors (Lipinski definition) is 2. The van der Waals surface area contributed by atoms with E-state index in [1.54, 1.807) is 0 Å². The fourth-order valence-corrected chi connectivity index (χ4v) is 4.60. The zero-order chi connectivity index (χ0) is 17.2. The van der Waals surface area contributed by atoms with E-state index in [9.17, 15) is 0 Å². The van der Waals surface area contributed by atoms with Crippen LogP contribution in [0.15, 0.2) is 101 Å². The smallest absolute Gasteiger partial charge is 0.101 e. The summed E-state index contributed by atoms with van der Waals surface area (Å²) in [5, 5.41) is 0. The first kappa shape index (κ1) is 17.7. The molecular formula is C23H20S2. The molecule has 0 atom stereocenters. The van der Waals surface area contributed by atoms with Gasteiger partial charge in [0.2, 0.25) is 0 Å². The lowest BCUT2D eigenvalue weighted by atomic mass is 10.1. The first-order valence-corrected chi connectivity index (χ1v) is 10.1. The molecule has 2 heteroatoms. The Balaban J connectivity index is 1.64. The van der Waals surface area contributed by atoms with E-state index in [0.717, 1.165) is 12.8 Å². The van der Waals surface area contributed by atoms with E-state index >= 15 is 0 Å². The Morgan fingerprint density at radius 1 is 0.640 bits per heavy atom. The fourth-order valence-electron chi connectivity index (χ4n) is 2.34. The Bertz CT molecular complexity index is 761. The van der Waals surface area contributed by atoms with Gasteiger partial charge < -0.3 is 0 Å². The number of hydrogen-bond donors (Lipinski definition) is 0. The number of aryl methyl sites for hydroxylation is 1.